The maximum Gasteiger partial charge on any atom is 0.293 e. The van der Waals surface area contributed by atoms with Crippen molar-refractivity contribution in [2.75, 3.05) is 19.6 Å². The lowest BCUT2D eigenvalue weighted by Crippen LogP contribution is -2.38. The highest BCUT2D eigenvalue weighted by Crippen LogP contribution is 2.31. The van der Waals surface area contributed by atoms with Gasteiger partial charge in [0.1, 0.15) is 4.90 Å². The van der Waals surface area contributed by atoms with Crippen molar-refractivity contribution in [3.05, 3.63) is 70.1 Å². The van der Waals surface area contributed by atoms with E-state index in [9.17, 15) is 22.8 Å². The van der Waals surface area contributed by atoms with Crippen molar-refractivity contribution in [1.82, 2.24) is 14.9 Å². The molecule has 0 radical (unpaired) electrons. The number of hydrogen-bond acceptors (Lipinski definition) is 6. The molecule has 1 fully saturated rings. The molecule has 1 aliphatic heterocycles. The van der Waals surface area contributed by atoms with Crippen molar-refractivity contribution in [2.24, 2.45) is 0 Å². The minimum atomic E-state index is -3.84. The molecule has 2 N–H and O–H groups in total. The molecule has 0 spiro atoms. The molecule has 0 atom stereocenters. The predicted molar refractivity (Wildman–Crippen MR) is 123 cm³/mol. The van der Waals surface area contributed by atoms with Gasteiger partial charge in [-0.1, -0.05) is 54.1 Å². The van der Waals surface area contributed by atoms with Gasteiger partial charge in [0, 0.05) is 26.1 Å². The second-order valence-electron chi connectivity index (χ2n) is 6.67. The van der Waals surface area contributed by atoms with Crippen LogP contribution in [0.5, 0.6) is 0 Å². The summed E-state index contributed by atoms with van der Waals surface area (Å²) in [4.78, 5) is 37.9. The van der Waals surface area contributed by atoms with Gasteiger partial charge in [0.05, 0.1) is 9.93 Å². The van der Waals surface area contributed by atoms with Gasteiger partial charge in [-0.25, -0.2) is 13.1 Å². The van der Waals surface area contributed by atoms with Crippen LogP contribution in [0.4, 0.5) is 4.79 Å². The van der Waals surface area contributed by atoms with Gasteiger partial charge >= 0.3 is 0 Å². The molecule has 0 aliphatic carbocycles. The fourth-order valence-electron chi connectivity index (χ4n) is 2.83. The molecule has 1 heterocycles. The minimum absolute atomic E-state index is 0.0217. The second kappa shape index (κ2) is 10.8. The Labute approximate surface area is 195 Å². The van der Waals surface area contributed by atoms with Crippen LogP contribution < -0.4 is 10.0 Å². The number of imide groups is 1. The molecule has 0 bridgehead atoms. The minimum Gasteiger partial charge on any atom is -0.354 e. The first-order valence-corrected chi connectivity index (χ1v) is 12.3. The molecule has 1 aliphatic rings. The molecule has 168 valence electrons. The van der Waals surface area contributed by atoms with E-state index in [0.29, 0.717) is 4.91 Å². The summed E-state index contributed by atoms with van der Waals surface area (Å²) in [5.74, 6) is -0.829. The first-order chi connectivity index (χ1) is 15.3. The third kappa shape index (κ3) is 6.19. The lowest BCUT2D eigenvalue weighted by atomic mass is 10.2. The van der Waals surface area contributed by atoms with Crippen LogP contribution >= 0.6 is 23.4 Å². The van der Waals surface area contributed by atoms with E-state index in [0.717, 1.165) is 22.2 Å². The number of amides is 3. The SMILES string of the molecule is O=C(CCNS(=O)(=O)c1ccccc1Cl)NCCN1C(=O)S/C(=C\c2ccccc2)C1=O. The van der Waals surface area contributed by atoms with Crippen LogP contribution in [0.25, 0.3) is 6.08 Å². The van der Waals surface area contributed by atoms with E-state index in [-0.39, 0.29) is 36.0 Å². The van der Waals surface area contributed by atoms with E-state index in [1.807, 2.05) is 30.3 Å². The summed E-state index contributed by atoms with van der Waals surface area (Å²) in [5.41, 5.74) is 0.811. The molecule has 0 unspecified atom stereocenters. The first kappa shape index (κ1) is 24.0. The second-order valence-corrected chi connectivity index (χ2v) is 9.81. The van der Waals surface area contributed by atoms with Gasteiger partial charge in [0.25, 0.3) is 11.1 Å². The van der Waals surface area contributed by atoms with Crippen LogP contribution in [0, 0.1) is 0 Å². The van der Waals surface area contributed by atoms with Gasteiger partial charge in [-0.15, -0.1) is 0 Å². The monoisotopic (exact) mass is 493 g/mol. The molecule has 1 saturated heterocycles. The van der Waals surface area contributed by atoms with Gasteiger partial charge in [-0.05, 0) is 35.5 Å². The van der Waals surface area contributed by atoms with Gasteiger partial charge in [-0.2, -0.15) is 0 Å². The molecule has 2 aromatic rings. The zero-order valence-electron chi connectivity index (χ0n) is 16.8. The highest BCUT2D eigenvalue weighted by atomic mass is 35.5. The van der Waals surface area contributed by atoms with E-state index in [1.54, 1.807) is 18.2 Å². The Bertz CT molecular complexity index is 1150. The zero-order chi connectivity index (χ0) is 23.1. The Morgan fingerprint density at radius 1 is 1.03 bits per heavy atom. The summed E-state index contributed by atoms with van der Waals surface area (Å²) in [5, 5.41) is 2.26. The van der Waals surface area contributed by atoms with Crippen molar-refractivity contribution in [3.8, 4) is 0 Å². The number of benzene rings is 2. The van der Waals surface area contributed by atoms with E-state index in [1.165, 1.54) is 12.1 Å². The number of carbonyl (C=O) groups is 3. The normalized spacial score (nSPS) is 15.4. The van der Waals surface area contributed by atoms with E-state index >= 15 is 0 Å². The van der Waals surface area contributed by atoms with Crippen LogP contribution in [0.3, 0.4) is 0 Å². The molecular formula is C21H20ClN3O5S2. The van der Waals surface area contributed by atoms with Gasteiger partial charge in [0.2, 0.25) is 15.9 Å². The predicted octanol–water partition coefficient (Wildman–Crippen LogP) is 2.86. The standard InChI is InChI=1S/C21H20ClN3O5S2/c22-16-8-4-5-9-18(16)32(29,30)24-11-10-19(26)23-12-13-25-20(27)17(31-21(25)28)14-15-6-2-1-3-7-15/h1-9,14,24H,10-13H2,(H,23,26)/b17-14-. The van der Waals surface area contributed by atoms with Gasteiger partial charge in [0.15, 0.2) is 0 Å². The number of hydrogen-bond donors (Lipinski definition) is 2. The fourth-order valence-corrected chi connectivity index (χ4v) is 5.24. The van der Waals surface area contributed by atoms with Crippen molar-refractivity contribution >= 4 is 56.5 Å². The molecule has 0 aromatic heterocycles. The molecule has 32 heavy (non-hydrogen) atoms. The fraction of sp³-hybridized carbons (Fsp3) is 0.190. The molecule has 0 saturated carbocycles. The van der Waals surface area contributed by atoms with Crippen molar-refractivity contribution in [2.45, 2.75) is 11.3 Å². The number of carbonyl (C=O) groups excluding carboxylic acids is 3. The highest BCUT2D eigenvalue weighted by Gasteiger charge is 2.34. The summed E-state index contributed by atoms with van der Waals surface area (Å²) in [6.45, 7) is -0.0403. The summed E-state index contributed by atoms with van der Waals surface area (Å²) < 4.78 is 26.8. The van der Waals surface area contributed by atoms with Gasteiger partial charge < -0.3 is 5.32 Å². The number of sulfonamides is 1. The first-order valence-electron chi connectivity index (χ1n) is 9.59. The lowest BCUT2D eigenvalue weighted by Gasteiger charge is -2.13. The van der Waals surface area contributed by atoms with Crippen molar-refractivity contribution < 1.29 is 22.8 Å². The Hall–Kier alpha value is -2.66. The number of rotatable bonds is 9. The number of nitrogens with zero attached hydrogens (tertiary/aromatic N) is 1. The van der Waals surface area contributed by atoms with Crippen molar-refractivity contribution in [1.29, 1.82) is 0 Å². The Morgan fingerprint density at radius 2 is 1.72 bits per heavy atom. The Balaban J connectivity index is 1.44. The van der Waals surface area contributed by atoms with E-state index < -0.39 is 27.1 Å². The summed E-state index contributed by atoms with van der Waals surface area (Å²) in [6.07, 6.45) is 1.54. The molecule has 3 rings (SSSR count). The van der Waals surface area contributed by atoms with Gasteiger partial charge in [-0.3, -0.25) is 19.3 Å². The summed E-state index contributed by atoms with van der Waals surface area (Å²) in [6, 6.07) is 15.2. The average molecular weight is 494 g/mol. The van der Waals surface area contributed by atoms with E-state index in [2.05, 4.69) is 10.0 Å². The quantitative estimate of drug-likeness (QED) is 0.519. The maximum atomic E-state index is 12.5. The molecular weight excluding hydrogens is 474 g/mol. The number of thioether (sulfide) groups is 1. The van der Waals surface area contributed by atoms with Crippen LogP contribution in [0.1, 0.15) is 12.0 Å². The highest BCUT2D eigenvalue weighted by molar-refractivity contribution is 8.18. The zero-order valence-corrected chi connectivity index (χ0v) is 19.2. The number of nitrogens with one attached hydrogen (secondary N) is 2. The Kier molecular flexibility index (Phi) is 8.08. The van der Waals surface area contributed by atoms with Crippen molar-refractivity contribution in [3.63, 3.8) is 0 Å². The van der Waals surface area contributed by atoms with Crippen LogP contribution in [-0.4, -0.2) is 50.0 Å². The largest absolute Gasteiger partial charge is 0.354 e. The third-order valence-electron chi connectivity index (χ3n) is 4.40. The smallest absolute Gasteiger partial charge is 0.293 e. The van der Waals surface area contributed by atoms with E-state index in [4.69, 9.17) is 11.6 Å². The van der Waals surface area contributed by atoms with Crippen LogP contribution in [-0.2, 0) is 19.6 Å². The summed E-state index contributed by atoms with van der Waals surface area (Å²) in [7, 11) is -3.84. The molecule has 8 nitrogen and oxygen atoms in total. The topological polar surface area (TPSA) is 113 Å². The van der Waals surface area contributed by atoms with Crippen LogP contribution in [0.2, 0.25) is 5.02 Å². The summed E-state index contributed by atoms with van der Waals surface area (Å²) >= 11 is 6.75. The molecule has 3 amide bonds. The molecule has 11 heteroatoms. The van der Waals surface area contributed by atoms with Crippen LogP contribution in [0.15, 0.2) is 64.4 Å². The average Bonchev–Trinajstić information content (AvgIpc) is 3.02. The number of halogens is 1. The third-order valence-corrected chi connectivity index (χ3v) is 7.27. The lowest BCUT2D eigenvalue weighted by molar-refractivity contribution is -0.124. The maximum absolute atomic E-state index is 12.5. The molecule has 2 aromatic carbocycles. The Morgan fingerprint density at radius 3 is 2.44 bits per heavy atom.